The highest BCUT2D eigenvalue weighted by Crippen LogP contribution is 2.20. The Labute approximate surface area is 108 Å². The SMILES string of the molecule is COCC1CCCN(Cc2cc(N)cc(F)c2)C1. The predicted molar refractivity (Wildman–Crippen MR) is 70.7 cm³/mol. The zero-order chi connectivity index (χ0) is 13.0. The van der Waals surface area contributed by atoms with Crippen LogP contribution in [0, 0.1) is 11.7 Å². The van der Waals surface area contributed by atoms with Gasteiger partial charge in [-0.25, -0.2) is 4.39 Å². The topological polar surface area (TPSA) is 38.5 Å². The van der Waals surface area contributed by atoms with Gasteiger partial charge >= 0.3 is 0 Å². The molecule has 1 aromatic rings. The van der Waals surface area contributed by atoms with Crippen molar-refractivity contribution in [2.24, 2.45) is 5.92 Å². The maximum absolute atomic E-state index is 13.3. The number of piperidine rings is 1. The Morgan fingerprint density at radius 2 is 2.28 bits per heavy atom. The molecule has 1 unspecified atom stereocenters. The van der Waals surface area contributed by atoms with Gasteiger partial charge in [0.2, 0.25) is 0 Å². The van der Waals surface area contributed by atoms with Crippen molar-refractivity contribution in [1.82, 2.24) is 4.90 Å². The molecule has 3 nitrogen and oxygen atoms in total. The van der Waals surface area contributed by atoms with E-state index in [-0.39, 0.29) is 5.82 Å². The van der Waals surface area contributed by atoms with E-state index in [0.717, 1.165) is 31.8 Å². The van der Waals surface area contributed by atoms with Gasteiger partial charge in [0.25, 0.3) is 0 Å². The van der Waals surface area contributed by atoms with E-state index in [1.165, 1.54) is 18.9 Å². The van der Waals surface area contributed by atoms with Crippen molar-refractivity contribution in [3.8, 4) is 0 Å². The summed E-state index contributed by atoms with van der Waals surface area (Å²) in [5.74, 6) is 0.338. The van der Waals surface area contributed by atoms with Gasteiger partial charge in [0.15, 0.2) is 0 Å². The molecule has 1 heterocycles. The second-order valence-electron chi connectivity index (χ2n) is 5.09. The van der Waals surface area contributed by atoms with E-state index in [1.807, 2.05) is 6.07 Å². The average molecular weight is 252 g/mol. The first-order chi connectivity index (χ1) is 8.67. The monoisotopic (exact) mass is 252 g/mol. The first-order valence-electron chi connectivity index (χ1n) is 6.43. The van der Waals surface area contributed by atoms with Gasteiger partial charge in [-0.05, 0) is 49.1 Å². The number of nitrogens with two attached hydrogens (primary N) is 1. The molecule has 0 aliphatic carbocycles. The van der Waals surface area contributed by atoms with Crippen molar-refractivity contribution in [3.63, 3.8) is 0 Å². The molecule has 0 bridgehead atoms. The van der Waals surface area contributed by atoms with Gasteiger partial charge in [-0.1, -0.05) is 0 Å². The van der Waals surface area contributed by atoms with Gasteiger partial charge in [0.05, 0.1) is 6.61 Å². The Kier molecular flexibility index (Phi) is 4.55. The fourth-order valence-corrected chi connectivity index (χ4v) is 2.69. The Balaban J connectivity index is 1.95. The van der Waals surface area contributed by atoms with Gasteiger partial charge in [-0.3, -0.25) is 4.90 Å². The molecule has 0 spiro atoms. The van der Waals surface area contributed by atoms with E-state index in [1.54, 1.807) is 13.2 Å². The quantitative estimate of drug-likeness (QED) is 0.835. The molecule has 0 amide bonds. The highest BCUT2D eigenvalue weighted by atomic mass is 19.1. The second-order valence-corrected chi connectivity index (χ2v) is 5.09. The molecule has 2 N–H and O–H groups in total. The molecule has 2 rings (SSSR count). The van der Waals surface area contributed by atoms with Crippen LogP contribution in [0.4, 0.5) is 10.1 Å². The first-order valence-corrected chi connectivity index (χ1v) is 6.43. The highest BCUT2D eigenvalue weighted by Gasteiger charge is 2.19. The van der Waals surface area contributed by atoms with Gasteiger partial charge in [0.1, 0.15) is 5.82 Å². The number of halogens is 1. The maximum atomic E-state index is 13.3. The Bertz CT molecular complexity index is 375. The third-order valence-electron chi connectivity index (χ3n) is 3.39. The first kappa shape index (κ1) is 13.3. The zero-order valence-electron chi connectivity index (χ0n) is 10.9. The zero-order valence-corrected chi connectivity index (χ0v) is 10.9. The third-order valence-corrected chi connectivity index (χ3v) is 3.39. The lowest BCUT2D eigenvalue weighted by Gasteiger charge is -2.32. The van der Waals surface area contributed by atoms with Crippen LogP contribution in [0.1, 0.15) is 18.4 Å². The average Bonchev–Trinajstić information content (AvgIpc) is 2.28. The van der Waals surface area contributed by atoms with Gasteiger partial charge in [-0.15, -0.1) is 0 Å². The van der Waals surface area contributed by atoms with Gasteiger partial charge in [0, 0.05) is 25.9 Å². The molecule has 4 heteroatoms. The van der Waals surface area contributed by atoms with E-state index in [0.29, 0.717) is 11.6 Å². The minimum Gasteiger partial charge on any atom is -0.399 e. The highest BCUT2D eigenvalue weighted by molar-refractivity contribution is 5.41. The molecule has 0 radical (unpaired) electrons. The van der Waals surface area contributed by atoms with Crippen LogP contribution in [0.25, 0.3) is 0 Å². The molecular formula is C14H21FN2O. The van der Waals surface area contributed by atoms with E-state index < -0.39 is 0 Å². The molecule has 1 saturated heterocycles. The number of rotatable bonds is 4. The standard InChI is InChI=1S/C14H21FN2O/c1-18-10-11-3-2-4-17(8-11)9-12-5-13(15)7-14(16)6-12/h5-7,11H,2-4,8-10,16H2,1H3. The summed E-state index contributed by atoms with van der Waals surface area (Å²) in [7, 11) is 1.74. The lowest BCUT2D eigenvalue weighted by Crippen LogP contribution is -2.36. The molecule has 1 aromatic carbocycles. The minimum absolute atomic E-state index is 0.254. The summed E-state index contributed by atoms with van der Waals surface area (Å²) >= 11 is 0. The van der Waals surface area contributed by atoms with Crippen molar-refractivity contribution in [3.05, 3.63) is 29.6 Å². The van der Waals surface area contributed by atoms with Crippen LogP contribution in [0.5, 0.6) is 0 Å². The summed E-state index contributed by atoms with van der Waals surface area (Å²) < 4.78 is 18.5. The Hall–Kier alpha value is -1.13. The smallest absolute Gasteiger partial charge is 0.125 e. The normalized spacial score (nSPS) is 21.1. The molecule has 100 valence electrons. The van der Waals surface area contributed by atoms with Crippen LogP contribution in [-0.4, -0.2) is 31.7 Å². The van der Waals surface area contributed by atoms with Crippen molar-refractivity contribution in [1.29, 1.82) is 0 Å². The number of nitrogens with zero attached hydrogens (tertiary/aromatic N) is 1. The number of likely N-dealkylation sites (tertiary alicyclic amines) is 1. The van der Waals surface area contributed by atoms with Crippen LogP contribution >= 0.6 is 0 Å². The molecule has 1 atom stereocenters. The Morgan fingerprint density at radius 3 is 3.00 bits per heavy atom. The van der Waals surface area contributed by atoms with Crippen LogP contribution in [0.3, 0.4) is 0 Å². The van der Waals surface area contributed by atoms with Crippen LogP contribution in [-0.2, 0) is 11.3 Å². The summed E-state index contributed by atoms with van der Waals surface area (Å²) in [6, 6.07) is 4.77. The largest absolute Gasteiger partial charge is 0.399 e. The molecule has 1 aliphatic heterocycles. The number of nitrogen functional groups attached to an aromatic ring is 1. The molecule has 1 fully saturated rings. The molecule has 18 heavy (non-hydrogen) atoms. The summed E-state index contributed by atoms with van der Waals surface area (Å²) in [4.78, 5) is 2.35. The van der Waals surface area contributed by atoms with Crippen LogP contribution in [0.2, 0.25) is 0 Å². The summed E-state index contributed by atoms with van der Waals surface area (Å²) in [5.41, 5.74) is 7.11. The summed E-state index contributed by atoms with van der Waals surface area (Å²) in [6.07, 6.45) is 2.40. The van der Waals surface area contributed by atoms with Crippen LogP contribution in [0.15, 0.2) is 18.2 Å². The molecule has 1 aliphatic rings. The summed E-state index contributed by atoms with van der Waals surface area (Å²) in [6.45, 7) is 3.66. The number of hydrogen-bond donors (Lipinski definition) is 1. The number of hydrogen-bond acceptors (Lipinski definition) is 3. The Morgan fingerprint density at radius 1 is 1.44 bits per heavy atom. The van der Waals surface area contributed by atoms with E-state index in [4.69, 9.17) is 10.5 Å². The van der Waals surface area contributed by atoms with E-state index in [9.17, 15) is 4.39 Å². The number of benzene rings is 1. The molecule has 0 aromatic heterocycles. The van der Waals surface area contributed by atoms with Crippen molar-refractivity contribution < 1.29 is 9.13 Å². The lowest BCUT2D eigenvalue weighted by molar-refractivity contribution is 0.0873. The third kappa shape index (κ3) is 3.68. The number of ether oxygens (including phenoxy) is 1. The van der Waals surface area contributed by atoms with Crippen molar-refractivity contribution >= 4 is 5.69 Å². The van der Waals surface area contributed by atoms with Crippen molar-refractivity contribution in [2.75, 3.05) is 32.5 Å². The summed E-state index contributed by atoms with van der Waals surface area (Å²) in [5, 5.41) is 0. The second kappa shape index (κ2) is 6.16. The van der Waals surface area contributed by atoms with Crippen LogP contribution < -0.4 is 5.73 Å². The fourth-order valence-electron chi connectivity index (χ4n) is 2.69. The molecular weight excluding hydrogens is 231 g/mol. The molecule has 0 saturated carbocycles. The van der Waals surface area contributed by atoms with Crippen molar-refractivity contribution in [2.45, 2.75) is 19.4 Å². The fraction of sp³-hybridized carbons (Fsp3) is 0.571. The van der Waals surface area contributed by atoms with E-state index >= 15 is 0 Å². The number of methoxy groups -OCH3 is 1. The van der Waals surface area contributed by atoms with Gasteiger partial charge in [-0.2, -0.15) is 0 Å². The maximum Gasteiger partial charge on any atom is 0.125 e. The van der Waals surface area contributed by atoms with E-state index in [2.05, 4.69) is 4.90 Å². The van der Waals surface area contributed by atoms with Gasteiger partial charge < -0.3 is 10.5 Å². The number of anilines is 1. The predicted octanol–water partition coefficient (Wildman–Crippen LogP) is 2.27. The lowest BCUT2D eigenvalue weighted by atomic mass is 9.98. The minimum atomic E-state index is -0.254.